The summed E-state index contributed by atoms with van der Waals surface area (Å²) in [5.74, 6) is 0.968. The van der Waals surface area contributed by atoms with E-state index in [0.29, 0.717) is 0 Å². The fourth-order valence-corrected chi connectivity index (χ4v) is 4.30. The van der Waals surface area contributed by atoms with E-state index < -0.39 is 9.84 Å². The van der Waals surface area contributed by atoms with Crippen LogP contribution in [0.4, 0.5) is 0 Å². The van der Waals surface area contributed by atoms with Crippen LogP contribution in [-0.2, 0) is 9.84 Å². The minimum atomic E-state index is -3.04. The fourth-order valence-electron chi connectivity index (χ4n) is 2.09. The van der Waals surface area contributed by atoms with Crippen LogP contribution in [0.2, 0.25) is 0 Å². The van der Waals surface area contributed by atoms with Crippen molar-refractivity contribution < 1.29 is 8.42 Å². The Labute approximate surface area is 110 Å². The molecule has 0 aliphatic carbocycles. The number of rotatable bonds is 2. The monoisotopic (exact) mass is 280 g/mol. The Kier molecular flexibility index (Phi) is 2.64. The van der Waals surface area contributed by atoms with Crippen LogP contribution in [0.15, 0.2) is 35.3 Å². The SMILES string of the molecule is Cc1ccsc1-c1nccn1[C@@H]1C=CS(=O)(=O)C1. The van der Waals surface area contributed by atoms with Gasteiger partial charge in [-0.1, -0.05) is 0 Å². The number of hydrogen-bond donors (Lipinski definition) is 0. The summed E-state index contributed by atoms with van der Waals surface area (Å²) in [6.07, 6.45) is 5.28. The van der Waals surface area contributed by atoms with Gasteiger partial charge in [0.15, 0.2) is 15.7 Å². The molecule has 18 heavy (non-hydrogen) atoms. The third-order valence-electron chi connectivity index (χ3n) is 3.00. The first kappa shape index (κ1) is 11.7. The molecule has 0 amide bonds. The van der Waals surface area contributed by atoms with Gasteiger partial charge in [-0.25, -0.2) is 13.4 Å². The van der Waals surface area contributed by atoms with Crippen molar-refractivity contribution in [3.63, 3.8) is 0 Å². The van der Waals surface area contributed by atoms with E-state index in [1.807, 2.05) is 29.1 Å². The Morgan fingerprint density at radius 3 is 2.94 bits per heavy atom. The topological polar surface area (TPSA) is 52.0 Å². The standard InChI is InChI=1S/C12H12N2O2S2/c1-9-2-6-17-11(9)12-13-4-5-14(12)10-3-7-18(15,16)8-10/h2-7,10H,8H2,1H3/t10-/m1/s1. The summed E-state index contributed by atoms with van der Waals surface area (Å²) < 4.78 is 24.9. The third-order valence-corrected chi connectivity index (χ3v) is 5.39. The first-order valence-electron chi connectivity index (χ1n) is 5.55. The van der Waals surface area contributed by atoms with Crippen LogP contribution in [0, 0.1) is 6.92 Å². The molecule has 1 atom stereocenters. The van der Waals surface area contributed by atoms with Crippen molar-refractivity contribution in [2.24, 2.45) is 0 Å². The molecule has 0 saturated heterocycles. The number of aromatic nitrogens is 2. The Morgan fingerprint density at radius 1 is 1.50 bits per heavy atom. The van der Waals surface area contributed by atoms with E-state index in [0.717, 1.165) is 16.3 Å². The highest BCUT2D eigenvalue weighted by Crippen LogP contribution is 2.31. The molecule has 0 bridgehead atoms. The molecule has 0 fully saturated rings. The Bertz CT molecular complexity index is 710. The molecule has 3 heterocycles. The number of thiophene rings is 1. The number of nitrogens with zero attached hydrogens (tertiary/aromatic N) is 2. The molecule has 1 aliphatic rings. The van der Waals surface area contributed by atoms with Crippen LogP contribution in [0.25, 0.3) is 10.7 Å². The van der Waals surface area contributed by atoms with Crippen molar-refractivity contribution in [3.8, 4) is 10.7 Å². The van der Waals surface area contributed by atoms with E-state index in [9.17, 15) is 8.42 Å². The molecule has 1 aliphatic heterocycles. The molecular formula is C12H12N2O2S2. The number of sulfone groups is 1. The van der Waals surface area contributed by atoms with Crippen molar-refractivity contribution >= 4 is 21.2 Å². The number of imidazole rings is 1. The normalized spacial score (nSPS) is 21.5. The zero-order chi connectivity index (χ0) is 12.8. The van der Waals surface area contributed by atoms with Gasteiger partial charge in [0.2, 0.25) is 0 Å². The first-order chi connectivity index (χ1) is 8.57. The Balaban J connectivity index is 2.04. The second-order valence-corrected chi connectivity index (χ2v) is 7.16. The van der Waals surface area contributed by atoms with Gasteiger partial charge in [-0.05, 0) is 30.0 Å². The van der Waals surface area contributed by atoms with Gasteiger partial charge in [-0.3, -0.25) is 0 Å². The van der Waals surface area contributed by atoms with Gasteiger partial charge in [-0.15, -0.1) is 11.3 Å². The average molecular weight is 280 g/mol. The summed E-state index contributed by atoms with van der Waals surface area (Å²) in [4.78, 5) is 5.45. The Morgan fingerprint density at radius 2 is 2.33 bits per heavy atom. The van der Waals surface area contributed by atoms with Crippen LogP contribution < -0.4 is 0 Å². The van der Waals surface area contributed by atoms with Crippen LogP contribution in [0.1, 0.15) is 11.6 Å². The molecule has 4 nitrogen and oxygen atoms in total. The van der Waals surface area contributed by atoms with Gasteiger partial charge in [-0.2, -0.15) is 0 Å². The predicted molar refractivity (Wildman–Crippen MR) is 72.2 cm³/mol. The minimum absolute atomic E-state index is 0.126. The molecule has 3 rings (SSSR count). The maximum absolute atomic E-state index is 11.5. The lowest BCUT2D eigenvalue weighted by molar-refractivity contribution is 0.594. The summed E-state index contributed by atoms with van der Waals surface area (Å²) in [6, 6.07) is 1.90. The number of hydrogen-bond acceptors (Lipinski definition) is 4. The molecule has 94 valence electrons. The minimum Gasteiger partial charge on any atom is -0.322 e. The van der Waals surface area contributed by atoms with Gasteiger partial charge in [0.25, 0.3) is 0 Å². The molecule has 0 radical (unpaired) electrons. The summed E-state index contributed by atoms with van der Waals surface area (Å²) in [5.41, 5.74) is 1.16. The van der Waals surface area contributed by atoms with Gasteiger partial charge >= 0.3 is 0 Å². The lowest BCUT2D eigenvalue weighted by Crippen LogP contribution is -2.12. The van der Waals surface area contributed by atoms with Gasteiger partial charge in [0, 0.05) is 17.8 Å². The highest BCUT2D eigenvalue weighted by atomic mass is 32.2. The van der Waals surface area contributed by atoms with E-state index in [1.165, 1.54) is 5.41 Å². The highest BCUT2D eigenvalue weighted by molar-refractivity contribution is 7.94. The zero-order valence-corrected chi connectivity index (χ0v) is 11.4. The highest BCUT2D eigenvalue weighted by Gasteiger charge is 2.25. The molecule has 2 aromatic heterocycles. The Hall–Kier alpha value is -1.40. The summed E-state index contributed by atoms with van der Waals surface area (Å²) in [5, 5.41) is 3.31. The molecule has 0 aromatic carbocycles. The third kappa shape index (κ3) is 1.91. The quantitative estimate of drug-likeness (QED) is 0.849. The maximum Gasteiger partial charge on any atom is 0.173 e. The molecule has 0 N–H and O–H groups in total. The summed E-state index contributed by atoms with van der Waals surface area (Å²) in [6.45, 7) is 2.03. The van der Waals surface area contributed by atoms with Crippen LogP contribution >= 0.6 is 11.3 Å². The second kappa shape index (κ2) is 4.07. The number of allylic oxidation sites excluding steroid dienone is 1. The lowest BCUT2D eigenvalue weighted by atomic mass is 10.2. The van der Waals surface area contributed by atoms with Crippen LogP contribution in [0.5, 0.6) is 0 Å². The van der Waals surface area contributed by atoms with E-state index in [-0.39, 0.29) is 11.8 Å². The van der Waals surface area contributed by atoms with Crippen molar-refractivity contribution in [2.45, 2.75) is 13.0 Å². The van der Waals surface area contributed by atoms with E-state index >= 15 is 0 Å². The van der Waals surface area contributed by atoms with Gasteiger partial charge < -0.3 is 4.57 Å². The maximum atomic E-state index is 11.5. The van der Waals surface area contributed by atoms with Crippen molar-refractivity contribution in [2.75, 3.05) is 5.75 Å². The van der Waals surface area contributed by atoms with E-state index in [2.05, 4.69) is 4.98 Å². The van der Waals surface area contributed by atoms with Crippen molar-refractivity contribution in [3.05, 3.63) is 40.9 Å². The van der Waals surface area contributed by atoms with E-state index in [4.69, 9.17) is 0 Å². The van der Waals surface area contributed by atoms with Crippen LogP contribution in [0.3, 0.4) is 0 Å². The largest absolute Gasteiger partial charge is 0.322 e. The summed E-state index contributed by atoms with van der Waals surface area (Å²) >= 11 is 1.62. The molecule has 0 saturated carbocycles. The molecule has 0 spiro atoms. The number of aryl methyl sites for hydroxylation is 1. The van der Waals surface area contributed by atoms with Crippen molar-refractivity contribution in [1.29, 1.82) is 0 Å². The molecule has 6 heteroatoms. The smallest absolute Gasteiger partial charge is 0.173 e. The van der Waals surface area contributed by atoms with Crippen LogP contribution in [-0.4, -0.2) is 23.7 Å². The molecule has 0 unspecified atom stereocenters. The summed E-state index contributed by atoms with van der Waals surface area (Å²) in [7, 11) is -3.04. The van der Waals surface area contributed by atoms with Crippen molar-refractivity contribution in [1.82, 2.24) is 9.55 Å². The lowest BCUT2D eigenvalue weighted by Gasteiger charge is -2.12. The zero-order valence-electron chi connectivity index (χ0n) is 9.78. The van der Waals surface area contributed by atoms with Gasteiger partial charge in [0.05, 0.1) is 16.7 Å². The second-order valence-electron chi connectivity index (χ2n) is 4.32. The average Bonchev–Trinajstić information content (AvgIpc) is 2.96. The predicted octanol–water partition coefficient (Wildman–Crippen LogP) is 2.40. The molecule has 2 aromatic rings. The van der Waals surface area contributed by atoms with Gasteiger partial charge in [0.1, 0.15) is 0 Å². The molecular weight excluding hydrogens is 268 g/mol. The van der Waals surface area contributed by atoms with E-state index in [1.54, 1.807) is 23.6 Å². The fraction of sp³-hybridized carbons (Fsp3) is 0.250. The first-order valence-corrected chi connectivity index (χ1v) is 8.14.